The van der Waals surface area contributed by atoms with Crippen LogP contribution in [0.3, 0.4) is 0 Å². The van der Waals surface area contributed by atoms with Crippen molar-refractivity contribution in [3.05, 3.63) is 0 Å². The van der Waals surface area contributed by atoms with Crippen LogP contribution in [0.5, 0.6) is 0 Å². The van der Waals surface area contributed by atoms with E-state index in [0.29, 0.717) is 7.11 Å². The van der Waals surface area contributed by atoms with E-state index < -0.39 is 147 Å². The van der Waals surface area contributed by atoms with Gasteiger partial charge in [-0.3, -0.25) is 31.9 Å². The number of rotatable bonds is 19. The van der Waals surface area contributed by atoms with E-state index in [0.717, 1.165) is 0 Å². The highest BCUT2D eigenvalue weighted by molar-refractivity contribution is 7.82. The van der Waals surface area contributed by atoms with Gasteiger partial charge in [0.1, 0.15) is 36.6 Å². The van der Waals surface area contributed by atoms with Gasteiger partial charge >= 0.3 is 72.8 Å². The first-order valence-corrected chi connectivity index (χ1v) is 21.6. The highest BCUT2D eigenvalue weighted by Crippen LogP contribution is 2.35. The summed E-state index contributed by atoms with van der Waals surface area (Å²) >= 11 is 0. The molecule has 0 bridgehead atoms. The van der Waals surface area contributed by atoms with Gasteiger partial charge in [-0.15, -0.1) is 0 Å². The van der Waals surface area contributed by atoms with Gasteiger partial charge in [-0.1, -0.05) is 0 Å². The van der Waals surface area contributed by atoms with Crippen molar-refractivity contribution < 1.29 is 139 Å². The van der Waals surface area contributed by atoms with Crippen molar-refractivity contribution in [2.45, 2.75) is 61.4 Å². The third-order valence-corrected chi connectivity index (χ3v) is 8.84. The summed E-state index contributed by atoms with van der Waals surface area (Å²) in [5.41, 5.74) is 0. The zero-order valence-electron chi connectivity index (χ0n) is 24.4. The second kappa shape index (κ2) is 17.0. The maximum atomic E-state index is 11.7. The van der Waals surface area contributed by atoms with E-state index in [1.807, 2.05) is 0 Å². The van der Waals surface area contributed by atoms with Crippen LogP contribution in [0, 0.1) is 0 Å². The van der Waals surface area contributed by atoms with Crippen molar-refractivity contribution in [1.82, 2.24) is 0 Å². The van der Waals surface area contributed by atoms with Gasteiger partial charge in [0, 0.05) is 7.11 Å². The van der Waals surface area contributed by atoms with Crippen LogP contribution in [0.2, 0.25) is 0 Å². The van der Waals surface area contributed by atoms with Gasteiger partial charge in [-0.25, -0.2) is 29.3 Å². The van der Waals surface area contributed by atoms with E-state index >= 15 is 0 Å². The Morgan fingerprint density at radius 2 is 0.692 bits per heavy atom. The number of hydrogen-bond acceptors (Lipinski definition) is 25. The lowest BCUT2D eigenvalue weighted by Gasteiger charge is -2.45. The van der Waals surface area contributed by atoms with Crippen molar-refractivity contribution in [2.75, 3.05) is 20.3 Å². The molecule has 0 aromatic rings. The molecule has 10 atom stereocenters. The molecule has 0 spiro atoms. The molecule has 0 saturated carbocycles. The Morgan fingerprint density at radius 3 is 1.02 bits per heavy atom. The van der Waals surface area contributed by atoms with Gasteiger partial charge in [0.15, 0.2) is 24.8 Å². The lowest BCUT2D eigenvalue weighted by atomic mass is 9.98. The van der Waals surface area contributed by atoms with Crippen molar-refractivity contribution in [2.24, 2.45) is 0 Å². The molecule has 2 aliphatic rings. The molecule has 39 heteroatoms. The third-order valence-electron chi connectivity index (χ3n) is 5.62. The number of hydrogen-bond donors (Lipinski definition) is 7. The van der Waals surface area contributed by atoms with Crippen molar-refractivity contribution >= 4 is 72.8 Å². The Balaban J connectivity index is 2.75. The van der Waals surface area contributed by atoms with Gasteiger partial charge in [0.2, 0.25) is 0 Å². The number of methoxy groups -OCH3 is 1. The summed E-state index contributed by atoms with van der Waals surface area (Å²) in [5.74, 6) is 0. The fourth-order valence-electron chi connectivity index (χ4n) is 4.19. The molecule has 2 fully saturated rings. The van der Waals surface area contributed by atoms with Gasteiger partial charge in [-0.05, 0) is 0 Å². The first kappa shape index (κ1) is 47.1. The molecule has 2 rings (SSSR count). The Labute approximate surface area is 292 Å². The molecule has 0 amide bonds. The van der Waals surface area contributed by atoms with E-state index in [1.54, 1.807) is 0 Å². The lowest BCUT2D eigenvalue weighted by Crippen LogP contribution is -2.65. The minimum absolute atomic E-state index is 0.643. The number of ether oxygens (including phenoxy) is 4. The predicted octanol–water partition coefficient (Wildman–Crippen LogP) is -5.95. The smallest absolute Gasteiger partial charge is 0.353 e. The molecule has 2 aliphatic heterocycles. The Hall–Kier alpha value is -1.07. The van der Waals surface area contributed by atoms with Gasteiger partial charge in [0.25, 0.3) is 0 Å². The Kier molecular flexibility index (Phi) is 15.4. The summed E-state index contributed by atoms with van der Waals surface area (Å²) in [7, 11) is -40.2. The van der Waals surface area contributed by atoms with E-state index in [1.165, 1.54) is 0 Å². The zero-order valence-corrected chi connectivity index (χ0v) is 30.1. The second-order valence-electron chi connectivity index (χ2n) is 9.30. The van der Waals surface area contributed by atoms with Gasteiger partial charge < -0.3 is 18.9 Å². The van der Waals surface area contributed by atoms with Crippen molar-refractivity contribution in [1.29, 1.82) is 0 Å². The lowest BCUT2D eigenvalue weighted by molar-refractivity contribution is -0.315. The summed E-state index contributed by atoms with van der Waals surface area (Å²) in [4.78, 5) is 0. The first-order valence-electron chi connectivity index (χ1n) is 12.1. The van der Waals surface area contributed by atoms with E-state index in [9.17, 15) is 81.7 Å². The molecule has 0 radical (unpaired) electrons. The summed E-state index contributed by atoms with van der Waals surface area (Å²) in [6.07, 6.45) is -28.0. The predicted molar refractivity (Wildman–Crippen MR) is 146 cm³/mol. The van der Waals surface area contributed by atoms with Crippen LogP contribution in [0.1, 0.15) is 0 Å². The van der Waals surface area contributed by atoms with Crippen LogP contribution in [0.25, 0.3) is 0 Å². The molecule has 6 unspecified atom stereocenters. The van der Waals surface area contributed by atoms with Crippen LogP contribution < -0.4 is 0 Å². The summed E-state index contributed by atoms with van der Waals surface area (Å²) in [6.45, 7) is -3.35. The van der Waals surface area contributed by atoms with Crippen LogP contribution in [-0.4, -0.2) is 173 Å². The minimum Gasteiger partial charge on any atom is -0.353 e. The highest BCUT2D eigenvalue weighted by atomic mass is 32.3. The molecule has 2 heterocycles. The van der Waals surface area contributed by atoms with Crippen molar-refractivity contribution in [3.63, 3.8) is 0 Å². The van der Waals surface area contributed by atoms with E-state index in [4.69, 9.17) is 28.1 Å². The first-order chi connectivity index (χ1) is 23.1. The fourth-order valence-corrected chi connectivity index (χ4v) is 7.49. The largest absolute Gasteiger partial charge is 0.397 e. The molecule has 7 N–H and O–H groups in total. The highest BCUT2D eigenvalue weighted by Gasteiger charge is 2.57. The molecule has 32 nitrogen and oxygen atoms in total. The monoisotopic (exact) mass is 916 g/mol. The quantitative estimate of drug-likeness (QED) is 0.0593. The molecule has 0 aliphatic carbocycles. The van der Waals surface area contributed by atoms with Crippen LogP contribution in [0.15, 0.2) is 0 Å². The molecule has 310 valence electrons. The molecule has 2 saturated heterocycles. The normalized spacial score (nSPS) is 31.7. The maximum absolute atomic E-state index is 11.7. The van der Waals surface area contributed by atoms with Crippen molar-refractivity contribution in [3.8, 4) is 0 Å². The van der Waals surface area contributed by atoms with Gasteiger partial charge in [-0.2, -0.15) is 58.9 Å². The Bertz CT molecular complexity index is 2020. The summed E-state index contributed by atoms with van der Waals surface area (Å²) in [5, 5.41) is 0. The zero-order chi connectivity index (χ0) is 40.5. The van der Waals surface area contributed by atoms with Crippen LogP contribution >= 0.6 is 0 Å². The molecule has 0 aromatic carbocycles. The van der Waals surface area contributed by atoms with Gasteiger partial charge in [0.05, 0.1) is 13.2 Å². The molecular weight excluding hydrogens is 893 g/mol. The third kappa shape index (κ3) is 16.7. The SMILES string of the molecule is CO[C@H]1OC(CO[C@H]2OC(COS(=O)(=O)O)[C@@H](OS(=O)(=O)O)C(OS(=O)(=O)O)C2OS(=O)(=O)O)[C@@H](OS(=O)(=O)O)C(OS(=O)(=O)O)C1OS(=O)(=O)O. The summed E-state index contributed by atoms with van der Waals surface area (Å²) < 4.78 is 275. The van der Waals surface area contributed by atoms with Crippen LogP contribution in [-0.2, 0) is 121 Å². The molecule has 52 heavy (non-hydrogen) atoms. The fraction of sp³-hybridized carbons (Fsp3) is 1.00. The maximum Gasteiger partial charge on any atom is 0.397 e. The van der Waals surface area contributed by atoms with E-state index in [2.05, 4.69) is 29.3 Å². The topological polar surface area (TPSA) is 482 Å². The Morgan fingerprint density at radius 1 is 0.404 bits per heavy atom. The van der Waals surface area contributed by atoms with E-state index in [-0.39, 0.29) is 0 Å². The molecular formula is C13H24O32S7. The average Bonchev–Trinajstić information content (AvgIpc) is 2.87. The van der Waals surface area contributed by atoms with Crippen LogP contribution in [0.4, 0.5) is 0 Å². The average molecular weight is 917 g/mol. The second-order valence-corrected chi connectivity index (χ2v) is 16.7. The summed E-state index contributed by atoms with van der Waals surface area (Å²) in [6, 6.07) is 0. The minimum atomic E-state index is -5.98. The molecule has 0 aromatic heterocycles. The standard InChI is InChI=1S/C13H24O32S7/c1-35-12-10(44-51(29,30)31)8(42-49(23,24)25)6(40-47(17,18)19)4(38-12)2-36-13-11(45-52(32,33)34)9(43-50(26,27)28)7(41-48(20,21)22)5(39-13)3-37-46(14,15)16/h4-13H,2-3H2,1H3,(H,14,15,16)(H,17,18,19)(H,20,21,22)(H,23,24,25)(H,26,27,28)(H,29,30,31)(H,32,33,34)/t4?,5?,6-,7-,8?,9?,10?,11?,12+,13+/m1/s1.